The van der Waals surface area contributed by atoms with Gasteiger partial charge in [-0.3, -0.25) is 9.59 Å². The Kier molecular flexibility index (Phi) is 30.1. The van der Waals surface area contributed by atoms with Gasteiger partial charge >= 0.3 is 0 Å². The SMILES string of the molecule is CC(=O)N[C@@H]1C[C@H](O[C@H]2[C@H](O)[C@@H](C)O[C@@H](O[C@H](CC(O)[C@H](O)[C@@H](O)C[C@H](O)C[C@@H](O)[C@H](C)[C@H](O)C[C@@H](O[C@@H]3O[C@H](CO)[C@@H](O)[C@H](O)[C@@H]3O)[C@H](C)[C@H](O)C(C)=O)[C@@H](C)CC[C@@H](O)C[C@@H](O)CC=O)[C@@H]2O[C@@H]2O[C@H](C)[C@@H](O)[C@H](O)[C@H]2O)O[C@H](C)[C@H]1O. The third-order valence-corrected chi connectivity index (χ3v) is 16.7. The molecule has 4 aliphatic heterocycles. The molecule has 492 valence electrons. The van der Waals surface area contributed by atoms with Crippen LogP contribution in [-0.2, 0) is 52.3 Å². The topological polar surface area (TPSA) is 501 Å². The molecule has 0 aromatic rings. The molecule has 1 unspecified atom stereocenters. The van der Waals surface area contributed by atoms with Crippen molar-refractivity contribution in [2.45, 2.75) is 297 Å². The van der Waals surface area contributed by atoms with Crippen molar-refractivity contribution in [3.63, 3.8) is 0 Å². The Morgan fingerprint density at radius 1 is 0.548 bits per heavy atom. The van der Waals surface area contributed by atoms with Gasteiger partial charge in [-0.25, -0.2) is 0 Å². The monoisotopic (exact) mass is 1220 g/mol. The van der Waals surface area contributed by atoms with E-state index < -0.39 is 246 Å². The largest absolute Gasteiger partial charge is 0.394 e. The Balaban J connectivity index is 1.57. The predicted octanol–water partition coefficient (Wildman–Crippen LogP) is -6.67. The lowest BCUT2D eigenvalue weighted by molar-refractivity contribution is -0.384. The lowest BCUT2D eigenvalue weighted by Gasteiger charge is -2.49. The van der Waals surface area contributed by atoms with E-state index in [1.165, 1.54) is 41.5 Å². The molecule has 0 spiro atoms. The first-order valence-electron chi connectivity index (χ1n) is 28.9. The average Bonchev–Trinajstić information content (AvgIpc) is 3.59. The van der Waals surface area contributed by atoms with Crippen molar-refractivity contribution in [1.82, 2.24) is 5.32 Å². The molecule has 0 aromatic carbocycles. The zero-order valence-electron chi connectivity index (χ0n) is 48.7. The number of hydrogen-bond donors (Lipinski definition) is 19. The van der Waals surface area contributed by atoms with E-state index in [-0.39, 0.29) is 32.1 Å². The fourth-order valence-corrected chi connectivity index (χ4v) is 10.9. The summed E-state index contributed by atoms with van der Waals surface area (Å²) in [6, 6.07) is -0.892. The van der Waals surface area contributed by atoms with Gasteiger partial charge in [-0.1, -0.05) is 20.8 Å². The molecule has 0 saturated carbocycles. The Hall–Kier alpha value is -2.23. The molecule has 4 fully saturated rings. The average molecular weight is 1220 g/mol. The molecule has 19 N–H and O–H groups in total. The molecule has 30 heteroatoms. The minimum Gasteiger partial charge on any atom is -0.394 e. The number of hydrogen-bond acceptors (Lipinski definition) is 29. The van der Waals surface area contributed by atoms with Crippen molar-refractivity contribution in [1.29, 1.82) is 0 Å². The summed E-state index contributed by atoms with van der Waals surface area (Å²) in [5.41, 5.74) is 0. The highest BCUT2D eigenvalue weighted by atomic mass is 16.8. The first kappa shape index (κ1) is 74.2. The summed E-state index contributed by atoms with van der Waals surface area (Å²) in [6.07, 6.45) is -47.4. The van der Waals surface area contributed by atoms with Gasteiger partial charge in [0.15, 0.2) is 30.9 Å². The van der Waals surface area contributed by atoms with E-state index in [0.29, 0.717) is 6.29 Å². The summed E-state index contributed by atoms with van der Waals surface area (Å²) < 4.78 is 48.4. The van der Waals surface area contributed by atoms with Crippen LogP contribution in [0.1, 0.15) is 113 Å². The van der Waals surface area contributed by atoms with E-state index in [1.807, 2.05) is 0 Å². The van der Waals surface area contributed by atoms with E-state index in [4.69, 9.17) is 37.9 Å². The number of Topliss-reactive ketones (excluding diaryl/α,β-unsaturated/α-hetero) is 1. The molecule has 0 radical (unpaired) electrons. The maximum Gasteiger partial charge on any atom is 0.217 e. The number of nitrogens with one attached hydrogen (secondary N) is 1. The van der Waals surface area contributed by atoms with Crippen molar-refractivity contribution in [3.05, 3.63) is 0 Å². The van der Waals surface area contributed by atoms with Crippen LogP contribution in [-0.4, -0.2) is 300 Å². The van der Waals surface area contributed by atoms with Gasteiger partial charge in [0.1, 0.15) is 85.6 Å². The summed E-state index contributed by atoms with van der Waals surface area (Å²) >= 11 is 0. The van der Waals surface area contributed by atoms with Crippen molar-refractivity contribution in [2.75, 3.05) is 6.61 Å². The highest BCUT2D eigenvalue weighted by Crippen LogP contribution is 2.37. The van der Waals surface area contributed by atoms with Gasteiger partial charge in [0.25, 0.3) is 0 Å². The Labute approximate surface area is 487 Å². The molecule has 4 rings (SSSR count). The zero-order valence-corrected chi connectivity index (χ0v) is 48.7. The third-order valence-electron chi connectivity index (χ3n) is 16.7. The van der Waals surface area contributed by atoms with Crippen LogP contribution in [0.4, 0.5) is 0 Å². The third kappa shape index (κ3) is 20.4. The second-order valence-corrected chi connectivity index (χ2v) is 23.6. The Morgan fingerprint density at radius 2 is 1.08 bits per heavy atom. The van der Waals surface area contributed by atoms with Crippen molar-refractivity contribution in [3.8, 4) is 0 Å². The number of rotatable bonds is 33. The van der Waals surface area contributed by atoms with Crippen LogP contribution in [0.5, 0.6) is 0 Å². The van der Waals surface area contributed by atoms with E-state index in [1.54, 1.807) is 6.92 Å². The van der Waals surface area contributed by atoms with Crippen LogP contribution < -0.4 is 5.32 Å². The van der Waals surface area contributed by atoms with Gasteiger partial charge in [0.05, 0.1) is 85.9 Å². The lowest BCUT2D eigenvalue weighted by Crippen LogP contribution is -2.65. The first-order chi connectivity index (χ1) is 39.2. The van der Waals surface area contributed by atoms with Crippen LogP contribution in [0.2, 0.25) is 0 Å². The number of amides is 1. The minimum atomic E-state index is -2.06. The first-order valence-corrected chi connectivity index (χ1v) is 28.9. The number of aliphatic hydroxyl groups is 18. The number of aldehydes is 1. The zero-order chi connectivity index (χ0) is 63.3. The summed E-state index contributed by atoms with van der Waals surface area (Å²) in [7, 11) is 0. The van der Waals surface area contributed by atoms with Gasteiger partial charge in [0, 0.05) is 50.9 Å². The standard InChI is InChI=1S/C54H97NO29/c1-20(9-10-28(60)13-29(61)11-12-56)36(80-54-51(84-52-48(75)46(73)42(69)25(6)78-52)50(43(70)26(7)79-54)83-39-16-31(55-27(8)59)41(68)24(5)77-39)18-35(66)44(71)34(65)15-30(62)14-32(63)21(2)33(64)17-37(22(3)40(67)23(4)58)81-53-49(76)47(74)45(72)38(19-57)82-53/h12,20-22,24-26,28-54,57,60-76H,9-11,13-19H2,1-8H3,(H,55,59)/t20-,21-,22-,24+,25+,26+,28+,29-,30+,31+,32+,33+,34-,35?,36+,37+,38+,39-,40-,41+,42+,43+,44+,45+,46-,47-,48+,49-,50-,51+,52-,53+,54-/m0/s1. The molecular formula is C54H97NO29. The maximum absolute atomic E-state index is 12.2. The molecule has 1 amide bonds. The normalized spacial score (nSPS) is 38.3. The van der Waals surface area contributed by atoms with E-state index in [2.05, 4.69) is 5.32 Å². The second-order valence-electron chi connectivity index (χ2n) is 23.6. The van der Waals surface area contributed by atoms with Crippen molar-refractivity contribution < 1.29 is 144 Å². The number of ketones is 1. The van der Waals surface area contributed by atoms with Crippen molar-refractivity contribution >= 4 is 18.0 Å². The highest BCUT2D eigenvalue weighted by Gasteiger charge is 2.54. The molecule has 0 aromatic heterocycles. The molecule has 33 atom stereocenters. The summed E-state index contributed by atoms with van der Waals surface area (Å²) in [4.78, 5) is 35.3. The molecule has 4 saturated heterocycles. The Morgan fingerprint density at radius 3 is 1.69 bits per heavy atom. The van der Waals surface area contributed by atoms with Gasteiger partial charge in [-0.15, -0.1) is 0 Å². The van der Waals surface area contributed by atoms with Gasteiger partial charge in [-0.2, -0.15) is 0 Å². The van der Waals surface area contributed by atoms with E-state index in [0.717, 1.165) is 6.92 Å². The van der Waals surface area contributed by atoms with Crippen LogP contribution in [0.25, 0.3) is 0 Å². The molecule has 4 aliphatic rings. The molecule has 84 heavy (non-hydrogen) atoms. The van der Waals surface area contributed by atoms with E-state index >= 15 is 0 Å². The second kappa shape index (κ2) is 34.1. The molecule has 0 aliphatic carbocycles. The summed E-state index contributed by atoms with van der Waals surface area (Å²) in [6.45, 7) is 10.2. The molecule has 4 heterocycles. The predicted molar refractivity (Wildman–Crippen MR) is 284 cm³/mol. The number of carbonyl (C=O) groups excluding carboxylic acids is 3. The molecule has 30 nitrogen and oxygen atoms in total. The quantitative estimate of drug-likeness (QED) is 0.0272. The summed E-state index contributed by atoms with van der Waals surface area (Å²) in [5.74, 6) is -4.17. The molecule has 0 bridgehead atoms. The van der Waals surface area contributed by atoms with Gasteiger partial charge in [-0.05, 0) is 59.3 Å². The number of aliphatic hydroxyl groups excluding tert-OH is 18. The van der Waals surface area contributed by atoms with Gasteiger partial charge in [0.2, 0.25) is 5.91 Å². The maximum atomic E-state index is 12.2. The molecular weight excluding hydrogens is 1130 g/mol. The van der Waals surface area contributed by atoms with Gasteiger partial charge < -0.3 is 140 Å². The van der Waals surface area contributed by atoms with Crippen LogP contribution in [0.15, 0.2) is 0 Å². The minimum absolute atomic E-state index is 0.0176. The fourth-order valence-electron chi connectivity index (χ4n) is 10.9. The summed E-state index contributed by atoms with van der Waals surface area (Å²) in [5, 5.41) is 198. The number of ether oxygens (including phenoxy) is 8. The Bertz CT molecular complexity index is 1950. The van der Waals surface area contributed by atoms with E-state index in [9.17, 15) is 106 Å². The smallest absolute Gasteiger partial charge is 0.217 e. The van der Waals surface area contributed by atoms with Crippen LogP contribution >= 0.6 is 0 Å². The lowest BCUT2D eigenvalue weighted by atomic mass is 9.85. The fraction of sp³-hybridized carbons (Fsp3) is 0.944. The van der Waals surface area contributed by atoms with Crippen LogP contribution in [0, 0.1) is 17.8 Å². The number of carbonyl (C=O) groups is 3. The van der Waals surface area contributed by atoms with Crippen molar-refractivity contribution in [2.24, 2.45) is 17.8 Å². The van der Waals surface area contributed by atoms with Crippen LogP contribution in [0.3, 0.4) is 0 Å². The highest BCUT2D eigenvalue weighted by molar-refractivity contribution is 5.80.